The largest absolute Gasteiger partial charge is 0.411 e. The molecule has 0 N–H and O–H groups in total. The Morgan fingerprint density at radius 2 is 1.64 bits per heavy atom. The first-order valence-electron chi connectivity index (χ1n) is 15.2. The van der Waals surface area contributed by atoms with Gasteiger partial charge in [0.1, 0.15) is 5.60 Å². The first-order chi connectivity index (χ1) is 18.4. The van der Waals surface area contributed by atoms with Crippen LogP contribution in [0.5, 0.6) is 0 Å². The number of hydrogen-bond donors (Lipinski definition) is 0. The quantitative estimate of drug-likeness (QED) is 0.183. The average Bonchev–Trinajstić information content (AvgIpc) is 3.65. The Kier molecular flexibility index (Phi) is 10.8. The van der Waals surface area contributed by atoms with Crippen molar-refractivity contribution >= 4 is 16.9 Å². The Balaban J connectivity index is 1.48. The van der Waals surface area contributed by atoms with Gasteiger partial charge in [-0.1, -0.05) is 77.8 Å². The molecule has 2 saturated heterocycles. The third-order valence-corrected chi connectivity index (χ3v) is 15.6. The van der Waals surface area contributed by atoms with Crippen LogP contribution < -0.4 is 0 Å². The Bertz CT molecular complexity index is 889. The minimum absolute atomic E-state index is 0.0127. The molecule has 222 valence electrons. The van der Waals surface area contributed by atoms with Crippen molar-refractivity contribution in [2.45, 2.75) is 128 Å². The van der Waals surface area contributed by atoms with E-state index in [9.17, 15) is 0 Å². The maximum atomic E-state index is 6.99. The predicted molar refractivity (Wildman–Crippen MR) is 160 cm³/mol. The van der Waals surface area contributed by atoms with Gasteiger partial charge in [0.15, 0.2) is 8.32 Å². The second-order valence-electron chi connectivity index (χ2n) is 13.5. The summed E-state index contributed by atoms with van der Waals surface area (Å²) < 4.78 is 39.2. The molecule has 8 heteroatoms. The lowest BCUT2D eigenvalue weighted by molar-refractivity contribution is -0.0317. The topological polar surface area (TPSA) is 55.4 Å². The molecule has 3 fully saturated rings. The molecule has 7 atom stereocenters. The summed E-state index contributed by atoms with van der Waals surface area (Å²) in [6.07, 6.45) is 6.71. The average molecular weight is 581 g/mol. The second-order valence-corrected chi connectivity index (χ2v) is 19.3. The highest BCUT2D eigenvalue weighted by Crippen LogP contribution is 2.55. The van der Waals surface area contributed by atoms with Crippen molar-refractivity contribution in [2.24, 2.45) is 11.8 Å². The van der Waals surface area contributed by atoms with E-state index in [4.69, 9.17) is 27.5 Å². The summed E-state index contributed by atoms with van der Waals surface area (Å²) in [6, 6.07) is 10.6. The fourth-order valence-electron chi connectivity index (χ4n) is 5.87. The predicted octanol–water partition coefficient (Wildman–Crippen LogP) is 8.36. The first-order valence-corrected chi connectivity index (χ1v) is 19.2. The minimum Gasteiger partial charge on any atom is -0.411 e. The third kappa shape index (κ3) is 7.53. The minimum atomic E-state index is -1.89. The maximum Gasteiger partial charge on any atom is 0.334 e. The van der Waals surface area contributed by atoms with E-state index in [1.165, 1.54) is 18.4 Å². The lowest BCUT2D eigenvalue weighted by Gasteiger charge is -2.39. The van der Waals surface area contributed by atoms with E-state index in [0.29, 0.717) is 19.1 Å². The SMILES string of the molecule is CC[C@H]1OCCC1O[P@@](OC[C@H]1OC[C@@H](O[Si](C)(C)C(C)(C)C)C1C)O[C@](C)(c1ccccc1)C1CCCC1. The molecule has 0 aromatic heterocycles. The Morgan fingerprint density at radius 1 is 0.949 bits per heavy atom. The Morgan fingerprint density at radius 3 is 2.28 bits per heavy atom. The molecule has 1 aliphatic carbocycles. The highest BCUT2D eigenvalue weighted by Gasteiger charge is 2.46. The molecule has 2 heterocycles. The molecule has 4 rings (SSSR count). The van der Waals surface area contributed by atoms with Gasteiger partial charge in [-0.3, -0.25) is 0 Å². The number of benzene rings is 1. The number of rotatable bonds is 12. The van der Waals surface area contributed by atoms with E-state index >= 15 is 0 Å². The van der Waals surface area contributed by atoms with E-state index in [2.05, 4.69) is 85.0 Å². The first kappa shape index (κ1) is 31.6. The van der Waals surface area contributed by atoms with Crippen molar-refractivity contribution in [1.29, 1.82) is 0 Å². The summed E-state index contributed by atoms with van der Waals surface area (Å²) in [5, 5.41) is 0.165. The molecule has 2 aliphatic heterocycles. The van der Waals surface area contributed by atoms with Gasteiger partial charge in [0.25, 0.3) is 0 Å². The zero-order valence-corrected chi connectivity index (χ0v) is 27.5. The zero-order chi connectivity index (χ0) is 28.3. The van der Waals surface area contributed by atoms with Gasteiger partial charge < -0.3 is 27.5 Å². The van der Waals surface area contributed by atoms with Crippen LogP contribution in [-0.2, 0) is 33.1 Å². The fraction of sp³-hybridized carbons (Fsp3) is 0.806. The lowest BCUT2D eigenvalue weighted by atomic mass is 9.82. The molecule has 1 aromatic carbocycles. The van der Waals surface area contributed by atoms with Crippen molar-refractivity contribution < 1.29 is 27.5 Å². The second kappa shape index (κ2) is 13.3. The van der Waals surface area contributed by atoms with E-state index in [1.54, 1.807) is 0 Å². The molecule has 0 amide bonds. The van der Waals surface area contributed by atoms with Crippen molar-refractivity contribution in [1.82, 2.24) is 0 Å². The van der Waals surface area contributed by atoms with Gasteiger partial charge in [-0.15, -0.1) is 0 Å². The lowest BCUT2D eigenvalue weighted by Crippen LogP contribution is -2.45. The van der Waals surface area contributed by atoms with Crippen molar-refractivity contribution in [3.8, 4) is 0 Å². The number of ether oxygens (including phenoxy) is 2. The van der Waals surface area contributed by atoms with Gasteiger partial charge in [-0.25, -0.2) is 0 Å². The Hall–Kier alpha value is -0.373. The highest BCUT2D eigenvalue weighted by molar-refractivity contribution is 7.41. The highest BCUT2D eigenvalue weighted by atomic mass is 31.2. The van der Waals surface area contributed by atoms with Crippen LogP contribution in [0.4, 0.5) is 0 Å². The summed E-state index contributed by atoms with van der Waals surface area (Å²) in [6.45, 7) is 19.9. The molecule has 1 aromatic rings. The van der Waals surface area contributed by atoms with Gasteiger partial charge in [0, 0.05) is 18.9 Å². The maximum absolute atomic E-state index is 6.99. The van der Waals surface area contributed by atoms with Crippen LogP contribution >= 0.6 is 8.60 Å². The molecule has 0 bridgehead atoms. The summed E-state index contributed by atoms with van der Waals surface area (Å²) in [5.41, 5.74) is 0.723. The molecule has 1 saturated carbocycles. The zero-order valence-electron chi connectivity index (χ0n) is 25.6. The third-order valence-electron chi connectivity index (χ3n) is 9.76. The molecule has 2 unspecified atom stereocenters. The fourth-order valence-corrected chi connectivity index (χ4v) is 8.72. The van der Waals surface area contributed by atoms with Crippen molar-refractivity contribution in [2.75, 3.05) is 19.8 Å². The van der Waals surface area contributed by atoms with Gasteiger partial charge in [-0.05, 0) is 55.8 Å². The molecule has 6 nitrogen and oxygen atoms in total. The molecular formula is C31H53O6PSi. The standard InChI is InChI=1S/C31H53O6PSi/c1-9-26-27(19-20-32-26)35-38(37-31(6,25-17-13-14-18-25)24-15-11-10-12-16-24)34-22-28-23(2)29(21-33-28)36-39(7,8)30(3,4)5/h10-12,15-16,23,25-29H,9,13-14,17-22H2,1-8H3/t23?,26-,27?,28-,29-,31-,38-/m1/s1. The van der Waals surface area contributed by atoms with Gasteiger partial charge in [0.05, 0.1) is 37.6 Å². The molecule has 0 radical (unpaired) electrons. The van der Waals surface area contributed by atoms with E-state index in [-0.39, 0.29) is 35.4 Å². The van der Waals surface area contributed by atoms with E-state index in [0.717, 1.165) is 32.3 Å². The van der Waals surface area contributed by atoms with Crippen molar-refractivity contribution in [3.05, 3.63) is 35.9 Å². The van der Waals surface area contributed by atoms with Crippen LogP contribution in [0, 0.1) is 11.8 Å². The van der Waals surface area contributed by atoms with Gasteiger partial charge in [-0.2, -0.15) is 0 Å². The smallest absolute Gasteiger partial charge is 0.334 e. The van der Waals surface area contributed by atoms with E-state index < -0.39 is 22.5 Å². The van der Waals surface area contributed by atoms with Crippen LogP contribution in [0.2, 0.25) is 18.1 Å². The van der Waals surface area contributed by atoms with Crippen LogP contribution in [0.15, 0.2) is 30.3 Å². The van der Waals surface area contributed by atoms with Crippen LogP contribution in [-0.4, -0.2) is 52.6 Å². The molecule has 0 spiro atoms. The van der Waals surface area contributed by atoms with Gasteiger partial charge in [0.2, 0.25) is 0 Å². The number of hydrogen-bond acceptors (Lipinski definition) is 6. The normalized spacial score (nSPS) is 31.0. The summed E-state index contributed by atoms with van der Waals surface area (Å²) in [7, 11) is -3.51. The summed E-state index contributed by atoms with van der Waals surface area (Å²) in [4.78, 5) is 0. The van der Waals surface area contributed by atoms with Gasteiger partial charge >= 0.3 is 8.60 Å². The van der Waals surface area contributed by atoms with Crippen molar-refractivity contribution in [3.63, 3.8) is 0 Å². The molecule has 39 heavy (non-hydrogen) atoms. The summed E-state index contributed by atoms with van der Waals surface area (Å²) >= 11 is 0. The molecule has 3 aliphatic rings. The van der Waals surface area contributed by atoms with E-state index in [1.807, 2.05) is 0 Å². The van der Waals surface area contributed by atoms with Crippen LogP contribution in [0.3, 0.4) is 0 Å². The Labute approximate surface area is 239 Å². The monoisotopic (exact) mass is 580 g/mol. The molecular weight excluding hydrogens is 527 g/mol. The summed E-state index contributed by atoms with van der Waals surface area (Å²) in [5.74, 6) is 0.674. The van der Waals surface area contributed by atoms with Crippen LogP contribution in [0.1, 0.15) is 85.6 Å². The van der Waals surface area contributed by atoms with Crippen LogP contribution in [0.25, 0.3) is 0 Å².